The van der Waals surface area contributed by atoms with E-state index in [1.165, 1.54) is 0 Å². The van der Waals surface area contributed by atoms with Gasteiger partial charge in [0.15, 0.2) is 0 Å². The standard InChI is InChI=1S/C12H16ClN3O/c1-8(13)7-15-9(2)10-3-5-11(6-4-10)16-12(14)17/h3-6,9,15H,1,7H2,2H3,(H3,14,16,17). The van der Waals surface area contributed by atoms with Crippen molar-refractivity contribution in [3.8, 4) is 0 Å². The lowest BCUT2D eigenvalue weighted by atomic mass is 10.1. The fourth-order valence-electron chi connectivity index (χ4n) is 1.38. The molecule has 4 nitrogen and oxygen atoms in total. The molecule has 0 heterocycles. The van der Waals surface area contributed by atoms with E-state index in [1.807, 2.05) is 19.1 Å². The van der Waals surface area contributed by atoms with Crippen molar-refractivity contribution in [2.45, 2.75) is 13.0 Å². The molecular weight excluding hydrogens is 238 g/mol. The Morgan fingerprint density at radius 1 is 1.47 bits per heavy atom. The normalized spacial score (nSPS) is 11.9. The predicted molar refractivity (Wildman–Crippen MR) is 71.1 cm³/mol. The van der Waals surface area contributed by atoms with Crippen LogP contribution in [0.2, 0.25) is 0 Å². The van der Waals surface area contributed by atoms with E-state index in [0.717, 1.165) is 5.56 Å². The minimum Gasteiger partial charge on any atom is -0.351 e. The van der Waals surface area contributed by atoms with E-state index in [2.05, 4.69) is 17.2 Å². The first-order valence-corrected chi connectivity index (χ1v) is 5.60. The van der Waals surface area contributed by atoms with E-state index in [0.29, 0.717) is 17.3 Å². The molecule has 0 bridgehead atoms. The molecule has 0 aromatic heterocycles. The van der Waals surface area contributed by atoms with Crippen molar-refractivity contribution in [1.29, 1.82) is 0 Å². The number of carbonyl (C=O) groups is 1. The monoisotopic (exact) mass is 253 g/mol. The van der Waals surface area contributed by atoms with Crippen molar-refractivity contribution in [2.75, 3.05) is 11.9 Å². The number of rotatable bonds is 5. The SMILES string of the molecule is C=C(Cl)CNC(C)c1ccc(NC(N)=O)cc1. The number of amides is 2. The molecule has 0 saturated carbocycles. The fraction of sp³-hybridized carbons (Fsp3) is 0.250. The second-order valence-electron chi connectivity index (χ2n) is 3.73. The van der Waals surface area contributed by atoms with Gasteiger partial charge in [-0.15, -0.1) is 0 Å². The summed E-state index contributed by atoms with van der Waals surface area (Å²) in [5.41, 5.74) is 6.79. The van der Waals surface area contributed by atoms with Gasteiger partial charge in [-0.1, -0.05) is 30.3 Å². The van der Waals surface area contributed by atoms with Gasteiger partial charge in [0.05, 0.1) is 0 Å². The summed E-state index contributed by atoms with van der Waals surface area (Å²) < 4.78 is 0. The van der Waals surface area contributed by atoms with E-state index in [-0.39, 0.29) is 6.04 Å². The van der Waals surface area contributed by atoms with Gasteiger partial charge in [0.25, 0.3) is 0 Å². The number of anilines is 1. The Kier molecular flexibility index (Phi) is 5.00. The number of nitrogens with two attached hydrogens (primary N) is 1. The lowest BCUT2D eigenvalue weighted by molar-refractivity contribution is 0.259. The van der Waals surface area contributed by atoms with Crippen molar-refractivity contribution >= 4 is 23.3 Å². The van der Waals surface area contributed by atoms with Crippen LogP contribution in [0.4, 0.5) is 10.5 Å². The fourth-order valence-corrected chi connectivity index (χ4v) is 1.46. The minimum absolute atomic E-state index is 0.160. The lowest BCUT2D eigenvalue weighted by Gasteiger charge is -2.14. The first-order valence-electron chi connectivity index (χ1n) is 5.22. The van der Waals surface area contributed by atoms with Crippen molar-refractivity contribution in [2.24, 2.45) is 5.73 Å². The predicted octanol–water partition coefficient (Wildman–Crippen LogP) is 2.58. The summed E-state index contributed by atoms with van der Waals surface area (Å²) in [6, 6.07) is 7.03. The van der Waals surface area contributed by atoms with Crippen LogP contribution in [-0.2, 0) is 0 Å². The highest BCUT2D eigenvalue weighted by atomic mass is 35.5. The third-order valence-corrected chi connectivity index (χ3v) is 2.41. The quantitative estimate of drug-likeness (QED) is 0.755. The number of benzene rings is 1. The zero-order chi connectivity index (χ0) is 12.8. The molecule has 1 rings (SSSR count). The van der Waals surface area contributed by atoms with Crippen LogP contribution in [0.15, 0.2) is 35.9 Å². The van der Waals surface area contributed by atoms with Crippen molar-refractivity contribution < 1.29 is 4.79 Å². The molecule has 0 aliphatic carbocycles. The van der Waals surface area contributed by atoms with Crippen LogP contribution in [0.5, 0.6) is 0 Å². The summed E-state index contributed by atoms with van der Waals surface area (Å²) in [5.74, 6) is 0. The third-order valence-electron chi connectivity index (χ3n) is 2.28. The third kappa shape index (κ3) is 4.89. The van der Waals surface area contributed by atoms with E-state index in [9.17, 15) is 4.79 Å². The summed E-state index contributed by atoms with van der Waals surface area (Å²) in [6.45, 7) is 6.19. The maximum Gasteiger partial charge on any atom is 0.316 e. The second kappa shape index (κ2) is 6.27. The molecule has 1 aromatic rings. The van der Waals surface area contributed by atoms with E-state index in [4.69, 9.17) is 17.3 Å². The molecule has 0 aliphatic heterocycles. The van der Waals surface area contributed by atoms with Crippen molar-refractivity contribution in [3.05, 3.63) is 41.4 Å². The highest BCUT2D eigenvalue weighted by molar-refractivity contribution is 6.29. The number of hydrogen-bond donors (Lipinski definition) is 3. The molecule has 1 aromatic carbocycles. The summed E-state index contributed by atoms with van der Waals surface area (Å²) in [6.07, 6.45) is 0. The molecule has 0 aliphatic rings. The molecule has 4 N–H and O–H groups in total. The maximum absolute atomic E-state index is 10.6. The van der Waals surface area contributed by atoms with Gasteiger partial charge in [-0.05, 0) is 24.6 Å². The first-order chi connectivity index (χ1) is 7.99. The first kappa shape index (κ1) is 13.5. The van der Waals surface area contributed by atoms with Gasteiger partial charge in [-0.2, -0.15) is 0 Å². The summed E-state index contributed by atoms with van der Waals surface area (Å²) in [5, 5.41) is 6.29. The van der Waals surface area contributed by atoms with Gasteiger partial charge in [0.1, 0.15) is 0 Å². The number of primary amides is 1. The van der Waals surface area contributed by atoms with Gasteiger partial charge >= 0.3 is 6.03 Å². The molecule has 5 heteroatoms. The van der Waals surface area contributed by atoms with Crippen LogP contribution in [0.3, 0.4) is 0 Å². The molecule has 1 atom stereocenters. The number of urea groups is 1. The molecule has 17 heavy (non-hydrogen) atoms. The smallest absolute Gasteiger partial charge is 0.316 e. The van der Waals surface area contributed by atoms with Crippen LogP contribution >= 0.6 is 11.6 Å². The van der Waals surface area contributed by atoms with Crippen LogP contribution in [-0.4, -0.2) is 12.6 Å². The van der Waals surface area contributed by atoms with Crippen LogP contribution in [0, 0.1) is 0 Å². The number of nitrogens with one attached hydrogen (secondary N) is 2. The Labute approximate surface area is 106 Å². The topological polar surface area (TPSA) is 67.2 Å². The highest BCUT2D eigenvalue weighted by Crippen LogP contribution is 2.16. The maximum atomic E-state index is 10.6. The molecule has 92 valence electrons. The van der Waals surface area contributed by atoms with Gasteiger partial charge < -0.3 is 16.4 Å². The van der Waals surface area contributed by atoms with E-state index >= 15 is 0 Å². The second-order valence-corrected chi connectivity index (χ2v) is 4.27. The summed E-state index contributed by atoms with van der Waals surface area (Å²) in [7, 11) is 0. The average molecular weight is 254 g/mol. The molecule has 0 fully saturated rings. The highest BCUT2D eigenvalue weighted by Gasteiger charge is 2.05. The summed E-state index contributed by atoms with van der Waals surface area (Å²) >= 11 is 5.67. The van der Waals surface area contributed by atoms with Crippen LogP contribution in [0.1, 0.15) is 18.5 Å². The van der Waals surface area contributed by atoms with Crippen LogP contribution in [0.25, 0.3) is 0 Å². The molecular formula is C12H16ClN3O. The van der Waals surface area contributed by atoms with E-state index < -0.39 is 6.03 Å². The Balaban J connectivity index is 2.60. The molecule has 1 unspecified atom stereocenters. The van der Waals surface area contributed by atoms with Crippen LogP contribution < -0.4 is 16.4 Å². The van der Waals surface area contributed by atoms with Gasteiger partial charge in [-0.25, -0.2) is 4.79 Å². The molecule has 0 radical (unpaired) electrons. The van der Waals surface area contributed by atoms with E-state index in [1.54, 1.807) is 12.1 Å². The Morgan fingerprint density at radius 2 is 2.06 bits per heavy atom. The Morgan fingerprint density at radius 3 is 2.53 bits per heavy atom. The lowest BCUT2D eigenvalue weighted by Crippen LogP contribution is -2.20. The van der Waals surface area contributed by atoms with Gasteiger partial charge in [0, 0.05) is 23.3 Å². The minimum atomic E-state index is -0.567. The summed E-state index contributed by atoms with van der Waals surface area (Å²) in [4.78, 5) is 10.6. The number of carbonyl (C=O) groups excluding carboxylic acids is 1. The number of halogens is 1. The van der Waals surface area contributed by atoms with Gasteiger partial charge in [0.2, 0.25) is 0 Å². The zero-order valence-corrected chi connectivity index (χ0v) is 10.4. The number of hydrogen-bond acceptors (Lipinski definition) is 2. The largest absolute Gasteiger partial charge is 0.351 e. The molecule has 0 spiro atoms. The molecule has 2 amide bonds. The molecule has 0 saturated heterocycles. The average Bonchev–Trinajstić information content (AvgIpc) is 2.26. The Bertz CT molecular complexity index is 403. The van der Waals surface area contributed by atoms with Crippen molar-refractivity contribution in [3.63, 3.8) is 0 Å². The Hall–Kier alpha value is -1.52. The zero-order valence-electron chi connectivity index (χ0n) is 9.66. The van der Waals surface area contributed by atoms with Crippen molar-refractivity contribution in [1.82, 2.24) is 5.32 Å². The van der Waals surface area contributed by atoms with Gasteiger partial charge in [-0.3, -0.25) is 0 Å².